The number of aromatic nitrogens is 2. The molecule has 0 atom stereocenters. The molecule has 2 amide bonds. The number of benzene rings is 2. The van der Waals surface area contributed by atoms with Gasteiger partial charge in [0.25, 0.3) is 5.91 Å². The largest absolute Gasteiger partial charge is 0.434 e. The topological polar surface area (TPSA) is 76.0 Å². The van der Waals surface area contributed by atoms with Gasteiger partial charge >= 0.3 is 6.18 Å². The van der Waals surface area contributed by atoms with Gasteiger partial charge < -0.3 is 10.6 Å². The SMILES string of the molecule is O=C(Nc1ccc(NC(=O)C2CC2)cc1)c1cnn(-c2cccc(Cl)c2)c1C(F)(F)F. The van der Waals surface area contributed by atoms with E-state index < -0.39 is 23.3 Å². The second kappa shape index (κ2) is 8.07. The lowest BCUT2D eigenvalue weighted by Crippen LogP contribution is -2.20. The first-order valence-corrected chi connectivity index (χ1v) is 9.73. The molecule has 1 heterocycles. The van der Waals surface area contributed by atoms with Crippen molar-refractivity contribution in [3.05, 3.63) is 71.0 Å². The van der Waals surface area contributed by atoms with Crippen molar-refractivity contribution >= 4 is 34.8 Å². The zero-order chi connectivity index (χ0) is 22.2. The molecule has 4 rings (SSSR count). The van der Waals surface area contributed by atoms with E-state index in [0.29, 0.717) is 10.4 Å². The second-order valence-electron chi connectivity index (χ2n) is 7.09. The molecule has 0 bridgehead atoms. The summed E-state index contributed by atoms with van der Waals surface area (Å²) in [5.41, 5.74) is -0.938. The number of anilines is 2. The minimum absolute atomic E-state index is 0.0381. The van der Waals surface area contributed by atoms with Gasteiger partial charge in [-0.15, -0.1) is 0 Å². The minimum atomic E-state index is -4.83. The van der Waals surface area contributed by atoms with Crippen molar-refractivity contribution in [1.29, 1.82) is 0 Å². The van der Waals surface area contributed by atoms with E-state index in [-0.39, 0.29) is 28.2 Å². The van der Waals surface area contributed by atoms with Crippen molar-refractivity contribution in [3.8, 4) is 5.69 Å². The Hall–Kier alpha value is -3.33. The quantitative estimate of drug-likeness (QED) is 0.567. The molecule has 0 unspecified atom stereocenters. The van der Waals surface area contributed by atoms with E-state index in [1.165, 1.54) is 36.4 Å². The second-order valence-corrected chi connectivity index (χ2v) is 7.53. The van der Waals surface area contributed by atoms with E-state index >= 15 is 0 Å². The molecule has 1 aromatic heterocycles. The van der Waals surface area contributed by atoms with E-state index in [2.05, 4.69) is 15.7 Å². The van der Waals surface area contributed by atoms with Gasteiger partial charge in [-0.05, 0) is 55.3 Å². The molecule has 1 aliphatic carbocycles. The third-order valence-corrected chi connectivity index (χ3v) is 4.93. The zero-order valence-corrected chi connectivity index (χ0v) is 16.7. The molecule has 160 valence electrons. The van der Waals surface area contributed by atoms with Gasteiger partial charge in [-0.2, -0.15) is 18.3 Å². The van der Waals surface area contributed by atoms with E-state index in [1.807, 2.05) is 0 Å². The number of carbonyl (C=O) groups excluding carboxylic acids is 2. The number of rotatable bonds is 5. The molecular formula is C21H16ClF3N4O2. The predicted molar refractivity (Wildman–Crippen MR) is 109 cm³/mol. The van der Waals surface area contributed by atoms with Crippen LogP contribution in [0.15, 0.2) is 54.7 Å². The molecule has 10 heteroatoms. The van der Waals surface area contributed by atoms with Crippen LogP contribution >= 0.6 is 11.6 Å². The van der Waals surface area contributed by atoms with Crippen molar-refractivity contribution in [2.24, 2.45) is 5.92 Å². The highest BCUT2D eigenvalue weighted by atomic mass is 35.5. The summed E-state index contributed by atoms with van der Waals surface area (Å²) in [6.45, 7) is 0. The Morgan fingerprint density at radius 2 is 1.68 bits per heavy atom. The highest BCUT2D eigenvalue weighted by Crippen LogP contribution is 2.34. The average Bonchev–Trinajstić information content (AvgIpc) is 3.46. The third-order valence-electron chi connectivity index (χ3n) is 4.69. The molecule has 6 nitrogen and oxygen atoms in total. The summed E-state index contributed by atoms with van der Waals surface area (Å²) in [4.78, 5) is 24.4. The first-order valence-electron chi connectivity index (χ1n) is 9.36. The lowest BCUT2D eigenvalue weighted by molar-refractivity contribution is -0.143. The van der Waals surface area contributed by atoms with Gasteiger partial charge in [0, 0.05) is 22.3 Å². The van der Waals surface area contributed by atoms with Crippen molar-refractivity contribution < 1.29 is 22.8 Å². The Labute approximate surface area is 180 Å². The van der Waals surface area contributed by atoms with E-state index in [4.69, 9.17) is 11.6 Å². The molecule has 31 heavy (non-hydrogen) atoms. The van der Waals surface area contributed by atoms with Crippen LogP contribution in [0.2, 0.25) is 5.02 Å². The molecule has 1 saturated carbocycles. The first-order chi connectivity index (χ1) is 14.7. The number of nitrogens with one attached hydrogen (secondary N) is 2. The summed E-state index contributed by atoms with van der Waals surface area (Å²) in [5, 5.41) is 9.17. The highest BCUT2D eigenvalue weighted by molar-refractivity contribution is 6.30. The Balaban J connectivity index is 1.56. The number of hydrogen-bond acceptors (Lipinski definition) is 3. The highest BCUT2D eigenvalue weighted by Gasteiger charge is 2.40. The van der Waals surface area contributed by atoms with Gasteiger partial charge in [0.05, 0.1) is 17.4 Å². The lowest BCUT2D eigenvalue weighted by Gasteiger charge is -2.13. The Morgan fingerprint density at radius 3 is 2.26 bits per heavy atom. The van der Waals surface area contributed by atoms with Crippen LogP contribution < -0.4 is 10.6 Å². The molecule has 2 aromatic carbocycles. The van der Waals surface area contributed by atoms with E-state index in [0.717, 1.165) is 19.0 Å². The smallest absolute Gasteiger partial charge is 0.326 e. The van der Waals surface area contributed by atoms with Gasteiger partial charge in [-0.1, -0.05) is 17.7 Å². The minimum Gasteiger partial charge on any atom is -0.326 e. The standard InChI is InChI=1S/C21H16ClF3N4O2/c22-13-2-1-3-16(10-13)29-18(21(23,24)25)17(11-26-29)20(31)28-15-8-6-14(7-9-15)27-19(30)12-4-5-12/h1-3,6-12H,4-5H2,(H,27,30)(H,28,31). The maximum atomic E-state index is 13.8. The van der Waals surface area contributed by atoms with Crippen LogP contribution in [0.3, 0.4) is 0 Å². The first kappa shape index (κ1) is 20.9. The van der Waals surface area contributed by atoms with E-state index in [1.54, 1.807) is 12.1 Å². The van der Waals surface area contributed by atoms with Crippen LogP contribution in [0.5, 0.6) is 0 Å². The number of alkyl halides is 3. The van der Waals surface area contributed by atoms with Crippen molar-refractivity contribution in [2.75, 3.05) is 10.6 Å². The fourth-order valence-electron chi connectivity index (χ4n) is 3.02. The van der Waals surface area contributed by atoms with Crippen LogP contribution in [-0.4, -0.2) is 21.6 Å². The lowest BCUT2D eigenvalue weighted by atomic mass is 10.2. The number of carbonyl (C=O) groups is 2. The Kier molecular flexibility index (Phi) is 5.45. The molecule has 0 aliphatic heterocycles. The summed E-state index contributed by atoms with van der Waals surface area (Å²) in [7, 11) is 0. The predicted octanol–water partition coefficient (Wildman–Crippen LogP) is 5.15. The monoisotopic (exact) mass is 448 g/mol. The third kappa shape index (κ3) is 4.72. The van der Waals surface area contributed by atoms with Crippen LogP contribution in [0.25, 0.3) is 5.69 Å². The van der Waals surface area contributed by atoms with Gasteiger partial charge in [-0.25, -0.2) is 4.68 Å². The molecule has 0 radical (unpaired) electrons. The van der Waals surface area contributed by atoms with Crippen LogP contribution in [0, 0.1) is 5.92 Å². The van der Waals surface area contributed by atoms with Crippen molar-refractivity contribution in [1.82, 2.24) is 9.78 Å². The molecule has 3 aromatic rings. The summed E-state index contributed by atoms with van der Waals surface area (Å²) in [6.07, 6.45) is -2.24. The number of hydrogen-bond donors (Lipinski definition) is 2. The van der Waals surface area contributed by atoms with Gasteiger partial charge in [0.2, 0.25) is 5.91 Å². The summed E-state index contributed by atoms with van der Waals surface area (Å²) in [5.74, 6) is -0.994. The normalized spacial score (nSPS) is 13.7. The number of halogens is 4. The van der Waals surface area contributed by atoms with Crippen LogP contribution in [0.4, 0.5) is 24.5 Å². The van der Waals surface area contributed by atoms with E-state index in [9.17, 15) is 22.8 Å². The molecular weight excluding hydrogens is 433 g/mol. The number of nitrogens with zero attached hydrogens (tertiary/aromatic N) is 2. The molecule has 1 fully saturated rings. The average molecular weight is 449 g/mol. The Morgan fingerprint density at radius 1 is 1.03 bits per heavy atom. The van der Waals surface area contributed by atoms with Gasteiger partial charge in [0.1, 0.15) is 0 Å². The summed E-state index contributed by atoms with van der Waals surface area (Å²) in [6, 6.07) is 11.9. The maximum Gasteiger partial charge on any atom is 0.434 e. The van der Waals surface area contributed by atoms with Crippen LogP contribution in [-0.2, 0) is 11.0 Å². The molecule has 0 saturated heterocycles. The summed E-state index contributed by atoms with van der Waals surface area (Å²) < 4.78 is 41.9. The molecule has 1 aliphatic rings. The fourth-order valence-corrected chi connectivity index (χ4v) is 3.20. The van der Waals surface area contributed by atoms with Gasteiger partial charge in [-0.3, -0.25) is 9.59 Å². The van der Waals surface area contributed by atoms with Gasteiger partial charge in [0.15, 0.2) is 5.69 Å². The molecule has 0 spiro atoms. The number of amides is 2. The summed E-state index contributed by atoms with van der Waals surface area (Å²) >= 11 is 5.88. The maximum absolute atomic E-state index is 13.8. The van der Waals surface area contributed by atoms with Crippen molar-refractivity contribution in [2.45, 2.75) is 19.0 Å². The Bertz CT molecular complexity index is 1140. The fraction of sp³-hybridized carbons (Fsp3) is 0.190. The van der Waals surface area contributed by atoms with Crippen molar-refractivity contribution in [3.63, 3.8) is 0 Å². The zero-order valence-electron chi connectivity index (χ0n) is 15.9. The molecule has 2 N–H and O–H groups in total. The van der Waals surface area contributed by atoms with Crippen LogP contribution in [0.1, 0.15) is 28.9 Å².